The topological polar surface area (TPSA) is 130 Å². The lowest BCUT2D eigenvalue weighted by Crippen LogP contribution is -2.30. The van der Waals surface area contributed by atoms with Crippen molar-refractivity contribution < 1.29 is 19.3 Å². The molecule has 3 N–H and O–H groups in total. The van der Waals surface area contributed by atoms with Gasteiger partial charge >= 0.3 is 0 Å². The van der Waals surface area contributed by atoms with Gasteiger partial charge in [0.15, 0.2) is 0 Å². The largest absolute Gasteiger partial charge is 0.325 e. The predicted molar refractivity (Wildman–Crippen MR) is 165 cm³/mol. The van der Waals surface area contributed by atoms with Crippen molar-refractivity contribution in [1.29, 1.82) is 0 Å². The third-order valence-corrected chi connectivity index (χ3v) is 7.13. The fourth-order valence-electron chi connectivity index (χ4n) is 3.79. The predicted octanol–water partition coefficient (Wildman–Crippen LogP) is 6.43. The number of hydrogen-bond donors (Lipinski definition) is 3. The van der Waals surface area contributed by atoms with Crippen LogP contribution in [0.1, 0.15) is 28.4 Å². The molecule has 212 valence electrons. The second-order valence-electron chi connectivity index (χ2n) is 9.32. The van der Waals surface area contributed by atoms with Crippen LogP contribution in [0.4, 0.5) is 17.1 Å². The Bertz CT molecular complexity index is 1620. The molecule has 0 aliphatic carbocycles. The van der Waals surface area contributed by atoms with Crippen LogP contribution in [-0.4, -0.2) is 27.9 Å². The Morgan fingerprint density at radius 3 is 2.19 bits per heavy atom. The Morgan fingerprint density at radius 2 is 1.52 bits per heavy atom. The maximum Gasteiger partial charge on any atom is 0.272 e. The van der Waals surface area contributed by atoms with Gasteiger partial charge in [-0.25, -0.2) is 0 Å². The molecule has 0 aromatic heterocycles. The Balaban J connectivity index is 1.49. The molecule has 0 saturated carbocycles. The molecule has 0 aliphatic heterocycles. The van der Waals surface area contributed by atoms with Gasteiger partial charge in [-0.05, 0) is 80.1 Å². The van der Waals surface area contributed by atoms with Gasteiger partial charge in [0.2, 0.25) is 5.91 Å². The van der Waals surface area contributed by atoms with E-state index in [1.54, 1.807) is 55.5 Å². The molecule has 0 radical (unpaired) electrons. The SMILES string of the molecule is Cc1ccc(NC(=O)C(C)Sc2cccc(NC(=O)/C(=C\c3ccc([N+](=O)[O-])cc3)NC(=O)c3ccccc3)c2)cc1. The van der Waals surface area contributed by atoms with Crippen molar-refractivity contribution in [3.8, 4) is 0 Å². The fraction of sp³-hybridized carbons (Fsp3) is 0.0938. The molecule has 0 saturated heterocycles. The number of nitro groups is 1. The van der Waals surface area contributed by atoms with Crippen LogP contribution in [-0.2, 0) is 9.59 Å². The van der Waals surface area contributed by atoms with Gasteiger partial charge in [0.25, 0.3) is 17.5 Å². The molecule has 4 aromatic carbocycles. The fourth-order valence-corrected chi connectivity index (χ4v) is 4.71. The van der Waals surface area contributed by atoms with Crippen molar-refractivity contribution in [2.75, 3.05) is 10.6 Å². The second kappa shape index (κ2) is 13.9. The molecule has 0 fully saturated rings. The summed E-state index contributed by atoms with van der Waals surface area (Å²) in [5.74, 6) is -1.24. The Hall–Kier alpha value is -5.22. The zero-order chi connectivity index (χ0) is 30.1. The standard InChI is InChI=1S/C32H28N4O5S/c1-21-11-15-25(16-12-21)33-30(37)22(2)42-28-10-6-9-26(20-28)34-32(39)29(35-31(38)24-7-4-3-5-8-24)19-23-13-17-27(18-14-23)36(40)41/h3-20,22H,1-2H3,(H,33,37)(H,34,39)(H,35,38)/b29-19+. The molecule has 1 atom stereocenters. The first-order valence-corrected chi connectivity index (χ1v) is 13.8. The van der Waals surface area contributed by atoms with Gasteiger partial charge in [-0.2, -0.15) is 0 Å². The van der Waals surface area contributed by atoms with E-state index in [2.05, 4.69) is 16.0 Å². The first-order chi connectivity index (χ1) is 20.2. The van der Waals surface area contributed by atoms with Crippen LogP contribution in [0.15, 0.2) is 114 Å². The third kappa shape index (κ3) is 8.39. The minimum absolute atomic E-state index is 0.0541. The lowest BCUT2D eigenvalue weighted by atomic mass is 10.1. The zero-order valence-electron chi connectivity index (χ0n) is 22.9. The average Bonchev–Trinajstić information content (AvgIpc) is 2.98. The van der Waals surface area contributed by atoms with Gasteiger partial charge in [0.1, 0.15) is 5.70 Å². The molecule has 0 bridgehead atoms. The van der Waals surface area contributed by atoms with Gasteiger partial charge in [0, 0.05) is 34.0 Å². The number of aryl methyl sites for hydroxylation is 1. The second-order valence-corrected chi connectivity index (χ2v) is 10.7. The molecule has 10 heteroatoms. The molecule has 4 aromatic rings. The number of anilines is 2. The van der Waals surface area contributed by atoms with Crippen LogP contribution >= 0.6 is 11.8 Å². The first kappa shape index (κ1) is 29.8. The lowest BCUT2D eigenvalue weighted by Gasteiger charge is -2.14. The maximum absolute atomic E-state index is 13.4. The van der Waals surface area contributed by atoms with E-state index in [4.69, 9.17) is 0 Å². The highest BCUT2D eigenvalue weighted by Gasteiger charge is 2.18. The van der Waals surface area contributed by atoms with Gasteiger partial charge in [0.05, 0.1) is 10.2 Å². The number of carbonyl (C=O) groups excluding carboxylic acids is 3. The Kier molecular flexibility index (Phi) is 9.85. The Morgan fingerprint density at radius 1 is 0.833 bits per heavy atom. The van der Waals surface area contributed by atoms with Gasteiger partial charge in [-0.15, -0.1) is 11.8 Å². The molecule has 9 nitrogen and oxygen atoms in total. The summed E-state index contributed by atoms with van der Waals surface area (Å²) >= 11 is 1.34. The number of nitrogens with zero attached hydrogens (tertiary/aromatic N) is 1. The summed E-state index contributed by atoms with van der Waals surface area (Å²) in [6.45, 7) is 3.77. The smallest absolute Gasteiger partial charge is 0.272 e. The average molecular weight is 581 g/mol. The monoisotopic (exact) mass is 580 g/mol. The van der Waals surface area contributed by atoms with Gasteiger partial charge in [-0.3, -0.25) is 24.5 Å². The number of benzene rings is 4. The molecular weight excluding hydrogens is 552 g/mol. The molecule has 0 aliphatic rings. The maximum atomic E-state index is 13.4. The highest BCUT2D eigenvalue weighted by Crippen LogP contribution is 2.27. The molecule has 3 amide bonds. The van der Waals surface area contributed by atoms with E-state index in [0.29, 0.717) is 22.5 Å². The number of nitro benzene ring substituents is 1. The molecular formula is C32H28N4O5S. The summed E-state index contributed by atoms with van der Waals surface area (Å²) in [7, 11) is 0. The van der Waals surface area contributed by atoms with Crippen molar-refractivity contribution in [1.82, 2.24) is 5.32 Å². The number of carbonyl (C=O) groups is 3. The quantitative estimate of drug-likeness (QED) is 0.0857. The van der Waals surface area contributed by atoms with E-state index >= 15 is 0 Å². The lowest BCUT2D eigenvalue weighted by molar-refractivity contribution is -0.384. The minimum atomic E-state index is -0.593. The van der Waals surface area contributed by atoms with Crippen LogP contribution in [0.25, 0.3) is 6.08 Å². The number of rotatable bonds is 10. The zero-order valence-corrected chi connectivity index (χ0v) is 23.7. The van der Waals surface area contributed by atoms with E-state index < -0.39 is 22.0 Å². The highest BCUT2D eigenvalue weighted by molar-refractivity contribution is 8.00. The summed E-state index contributed by atoms with van der Waals surface area (Å²) in [4.78, 5) is 50.2. The summed E-state index contributed by atoms with van der Waals surface area (Å²) in [6, 6.07) is 28.6. The number of nitrogens with one attached hydrogen (secondary N) is 3. The molecule has 42 heavy (non-hydrogen) atoms. The van der Waals surface area contributed by atoms with Crippen LogP contribution in [0.2, 0.25) is 0 Å². The van der Waals surface area contributed by atoms with Crippen molar-refractivity contribution in [3.63, 3.8) is 0 Å². The number of thioether (sulfide) groups is 1. The van der Waals surface area contributed by atoms with Gasteiger partial charge in [-0.1, -0.05) is 42.0 Å². The molecule has 0 heterocycles. The summed E-state index contributed by atoms with van der Waals surface area (Å²) in [6.07, 6.45) is 1.44. The first-order valence-electron chi connectivity index (χ1n) is 13.0. The van der Waals surface area contributed by atoms with Gasteiger partial charge < -0.3 is 16.0 Å². The minimum Gasteiger partial charge on any atom is -0.325 e. The third-order valence-electron chi connectivity index (χ3n) is 6.04. The van der Waals surface area contributed by atoms with E-state index in [9.17, 15) is 24.5 Å². The Labute approximate surface area is 247 Å². The number of non-ortho nitro benzene ring substituents is 1. The normalized spacial score (nSPS) is 11.7. The molecule has 1 unspecified atom stereocenters. The van der Waals surface area contributed by atoms with Crippen LogP contribution in [0, 0.1) is 17.0 Å². The summed E-state index contributed by atoms with van der Waals surface area (Å²) in [5, 5.41) is 18.9. The van der Waals surface area contributed by atoms with E-state index in [-0.39, 0.29) is 17.3 Å². The number of hydrogen-bond acceptors (Lipinski definition) is 6. The summed E-state index contributed by atoms with van der Waals surface area (Å²) in [5.41, 5.74) is 2.96. The molecule has 4 rings (SSSR count). The van der Waals surface area contributed by atoms with E-state index in [0.717, 1.165) is 10.5 Å². The van der Waals surface area contributed by atoms with Crippen molar-refractivity contribution >= 4 is 52.6 Å². The van der Waals surface area contributed by atoms with Crippen LogP contribution in [0.3, 0.4) is 0 Å². The van der Waals surface area contributed by atoms with Crippen LogP contribution < -0.4 is 16.0 Å². The van der Waals surface area contributed by atoms with Crippen molar-refractivity contribution in [3.05, 3.63) is 136 Å². The van der Waals surface area contributed by atoms with Crippen molar-refractivity contribution in [2.45, 2.75) is 24.0 Å². The highest BCUT2D eigenvalue weighted by atomic mass is 32.2. The van der Waals surface area contributed by atoms with E-state index in [1.807, 2.05) is 37.3 Å². The summed E-state index contributed by atoms with van der Waals surface area (Å²) < 4.78 is 0. The molecule has 0 spiro atoms. The van der Waals surface area contributed by atoms with Crippen LogP contribution in [0.5, 0.6) is 0 Å². The van der Waals surface area contributed by atoms with E-state index in [1.165, 1.54) is 42.1 Å². The number of amides is 3. The van der Waals surface area contributed by atoms with Crippen molar-refractivity contribution in [2.24, 2.45) is 0 Å².